The summed E-state index contributed by atoms with van der Waals surface area (Å²) in [6.45, 7) is 0. The molecule has 0 aromatic heterocycles. The molecule has 9 heteroatoms. The van der Waals surface area contributed by atoms with Gasteiger partial charge >= 0.3 is 57.4 Å². The molecule has 0 heterocycles. The van der Waals surface area contributed by atoms with Gasteiger partial charge in [-0.3, -0.25) is 4.55 Å². The molecule has 1 rings (SSSR count). The maximum Gasteiger partial charge on any atom is 1.00 e. The Bertz CT molecular complexity index is 503. The fourth-order valence-corrected chi connectivity index (χ4v) is 1.52. The van der Waals surface area contributed by atoms with E-state index in [4.69, 9.17) is 15.4 Å². The van der Waals surface area contributed by atoms with Crippen molar-refractivity contribution < 1.29 is 79.4 Å². The van der Waals surface area contributed by atoms with Crippen LogP contribution < -0.4 is 62.2 Å². The van der Waals surface area contributed by atoms with Gasteiger partial charge < -0.3 is 15.9 Å². The molecule has 4 N–H and O–H groups in total. The van der Waals surface area contributed by atoms with Crippen LogP contribution in [0.15, 0.2) is 17.0 Å². The number of carboxylic acid groups (broad SMARTS) is 1. The van der Waals surface area contributed by atoms with E-state index in [1.807, 2.05) is 0 Å². The fraction of sp³-hybridized carbons (Fsp3) is 0. The Morgan fingerprint density at radius 2 is 1.88 bits per heavy atom. The van der Waals surface area contributed by atoms with Gasteiger partial charge in [-0.05, 0) is 12.1 Å². The quantitative estimate of drug-likeness (QED) is 0.285. The monoisotopic (exact) mass is 271 g/mol. The Morgan fingerprint density at radius 1 is 1.38 bits per heavy atom. The predicted molar refractivity (Wildman–Crippen MR) is 47.1 cm³/mol. The van der Waals surface area contributed by atoms with Gasteiger partial charge in [0, 0.05) is 5.69 Å². The first-order chi connectivity index (χ1) is 6.73. The summed E-state index contributed by atoms with van der Waals surface area (Å²) in [7, 11) is -4.56. The first-order valence-corrected chi connectivity index (χ1v) is 4.99. The average molecular weight is 271 g/mol. The van der Waals surface area contributed by atoms with Crippen LogP contribution in [0.5, 0.6) is 5.75 Å². The normalized spacial score (nSPS) is 10.6. The van der Waals surface area contributed by atoms with Gasteiger partial charge in [0.2, 0.25) is 0 Å². The van der Waals surface area contributed by atoms with Crippen molar-refractivity contribution in [2.45, 2.75) is 4.90 Å². The van der Waals surface area contributed by atoms with Gasteiger partial charge in [-0.25, -0.2) is 4.79 Å². The molecule has 1 aromatic rings. The number of nitrogens with two attached hydrogens (primary N) is 1. The summed E-state index contributed by atoms with van der Waals surface area (Å²) >= 11 is 0. The average Bonchev–Trinajstić information content (AvgIpc) is 1.99. The van der Waals surface area contributed by atoms with Gasteiger partial charge in [-0.2, -0.15) is 8.42 Å². The Labute approximate surface area is 133 Å². The Balaban J connectivity index is 0.00000225. The number of nitrogen functional groups attached to an aromatic ring is 1. The minimum atomic E-state index is -4.56. The van der Waals surface area contributed by atoms with Gasteiger partial charge in [0.05, 0.1) is 10.5 Å². The summed E-state index contributed by atoms with van der Waals surface area (Å²) in [5.41, 5.74) is 3.93. The molecule has 0 bridgehead atoms. The van der Waals surface area contributed by atoms with Crippen LogP contribution in [0.25, 0.3) is 0 Å². The molecule has 0 saturated carbocycles. The topological polar surface area (TPSA) is 141 Å². The van der Waals surface area contributed by atoms with E-state index in [2.05, 4.69) is 0 Å². The van der Waals surface area contributed by atoms with Gasteiger partial charge in [0.25, 0.3) is 10.1 Å². The molecule has 0 fully saturated rings. The minimum Gasteiger partial charge on any atom is -0.872 e. The van der Waals surface area contributed by atoms with Crippen molar-refractivity contribution in [2.24, 2.45) is 0 Å². The van der Waals surface area contributed by atoms with E-state index in [-0.39, 0.29) is 51.4 Å². The van der Waals surface area contributed by atoms with Crippen molar-refractivity contribution >= 4 is 21.8 Å². The second kappa shape index (κ2) is 5.45. The van der Waals surface area contributed by atoms with E-state index < -0.39 is 38.0 Å². The standard InChI is InChI=1S/C7H7NO6S.K/c8-4-1-3(15(12,13)14)2-5(9)6(4)7(10)11;/h1-2,9H,8H2,(H,10,11)(H,12,13,14);/q;+1/p-1. The molecule has 82 valence electrons. The molecule has 0 aliphatic carbocycles. The van der Waals surface area contributed by atoms with Crippen LogP contribution in [0.2, 0.25) is 0 Å². The Morgan fingerprint density at radius 3 is 2.19 bits per heavy atom. The number of hydrogen-bond donors (Lipinski definition) is 3. The smallest absolute Gasteiger partial charge is 0.872 e. The minimum absolute atomic E-state index is 0. The van der Waals surface area contributed by atoms with E-state index in [1.165, 1.54) is 0 Å². The largest absolute Gasteiger partial charge is 1.00 e. The zero-order valence-corrected chi connectivity index (χ0v) is 12.1. The first-order valence-electron chi connectivity index (χ1n) is 3.55. The fourth-order valence-electron chi connectivity index (χ4n) is 0.989. The summed E-state index contributed by atoms with van der Waals surface area (Å²) in [6, 6.07) is 1.20. The Kier molecular flexibility index (Phi) is 5.39. The summed E-state index contributed by atoms with van der Waals surface area (Å²) in [5.74, 6) is -2.63. The molecule has 0 radical (unpaired) electrons. The van der Waals surface area contributed by atoms with Crippen LogP contribution in [0, 0.1) is 0 Å². The SMILES string of the molecule is Nc1cc(S(=O)(=O)O)cc([O-])c1C(=O)O.[K+]. The van der Waals surface area contributed by atoms with E-state index in [0.29, 0.717) is 12.1 Å². The van der Waals surface area contributed by atoms with Crippen molar-refractivity contribution in [1.82, 2.24) is 0 Å². The van der Waals surface area contributed by atoms with Crippen molar-refractivity contribution in [3.63, 3.8) is 0 Å². The number of anilines is 1. The third kappa shape index (κ3) is 3.42. The zero-order valence-electron chi connectivity index (χ0n) is 8.17. The molecular weight excluding hydrogens is 265 g/mol. The Hall–Kier alpha value is -0.164. The van der Waals surface area contributed by atoms with Gasteiger partial charge in [0.15, 0.2) is 0 Å². The zero-order chi connectivity index (χ0) is 11.8. The summed E-state index contributed by atoms with van der Waals surface area (Å²) < 4.78 is 29.9. The molecule has 0 unspecified atom stereocenters. The number of hydrogen-bond acceptors (Lipinski definition) is 5. The number of benzene rings is 1. The molecule has 0 aliphatic rings. The molecule has 16 heavy (non-hydrogen) atoms. The maximum absolute atomic E-state index is 11.1. The molecule has 0 amide bonds. The molecule has 0 atom stereocenters. The van der Waals surface area contributed by atoms with Crippen molar-refractivity contribution in [2.75, 3.05) is 5.73 Å². The van der Waals surface area contributed by atoms with Crippen LogP contribution in [0.1, 0.15) is 10.4 Å². The van der Waals surface area contributed by atoms with E-state index in [9.17, 15) is 18.3 Å². The molecule has 7 nitrogen and oxygen atoms in total. The summed E-state index contributed by atoms with van der Waals surface area (Å²) in [5, 5.41) is 19.7. The van der Waals surface area contributed by atoms with Crippen molar-refractivity contribution in [3.05, 3.63) is 17.7 Å². The number of carbonyl (C=O) groups is 1. The second-order valence-electron chi connectivity index (χ2n) is 2.67. The van der Waals surface area contributed by atoms with Gasteiger partial charge in [0.1, 0.15) is 0 Å². The predicted octanol–water partition coefficient (Wildman–Crippen LogP) is -3.71. The van der Waals surface area contributed by atoms with Crippen LogP contribution >= 0.6 is 0 Å². The number of aromatic carboxylic acids is 1. The van der Waals surface area contributed by atoms with Crippen LogP contribution in [0.3, 0.4) is 0 Å². The molecule has 0 spiro atoms. The molecule has 1 aromatic carbocycles. The maximum atomic E-state index is 11.1. The number of carboxylic acids is 1. The van der Waals surface area contributed by atoms with Crippen LogP contribution in [-0.4, -0.2) is 24.0 Å². The second-order valence-corrected chi connectivity index (χ2v) is 4.09. The third-order valence-electron chi connectivity index (χ3n) is 1.62. The summed E-state index contributed by atoms with van der Waals surface area (Å²) in [6.07, 6.45) is 0. The van der Waals surface area contributed by atoms with E-state index in [1.54, 1.807) is 0 Å². The molecule has 0 aliphatic heterocycles. The van der Waals surface area contributed by atoms with E-state index >= 15 is 0 Å². The van der Waals surface area contributed by atoms with E-state index in [0.717, 1.165) is 0 Å². The van der Waals surface area contributed by atoms with Gasteiger partial charge in [-0.15, -0.1) is 0 Å². The summed E-state index contributed by atoms with van der Waals surface area (Å²) in [4.78, 5) is 9.78. The molecular formula is C7H6KNO6S. The van der Waals surface area contributed by atoms with Crippen LogP contribution in [-0.2, 0) is 10.1 Å². The van der Waals surface area contributed by atoms with Gasteiger partial charge in [-0.1, -0.05) is 5.75 Å². The van der Waals surface area contributed by atoms with Crippen molar-refractivity contribution in [3.8, 4) is 5.75 Å². The molecule has 0 saturated heterocycles. The van der Waals surface area contributed by atoms with Crippen molar-refractivity contribution in [1.29, 1.82) is 0 Å². The number of rotatable bonds is 2. The van der Waals surface area contributed by atoms with Crippen LogP contribution in [0.4, 0.5) is 5.69 Å². The first kappa shape index (κ1) is 15.8. The third-order valence-corrected chi connectivity index (χ3v) is 2.45.